The number of esters is 1. The number of ether oxygens (including phenoxy) is 1. The van der Waals surface area contributed by atoms with E-state index in [2.05, 4.69) is 33.9 Å². The Morgan fingerprint density at radius 3 is 2.69 bits per heavy atom. The third-order valence-corrected chi connectivity index (χ3v) is 5.51. The second-order valence-corrected chi connectivity index (χ2v) is 7.34. The predicted octanol–water partition coefficient (Wildman–Crippen LogP) is 3.02. The number of rotatable bonds is 5. The van der Waals surface area contributed by atoms with Crippen molar-refractivity contribution < 1.29 is 9.53 Å². The van der Waals surface area contributed by atoms with Crippen molar-refractivity contribution in [2.24, 2.45) is 0 Å². The van der Waals surface area contributed by atoms with Gasteiger partial charge in [-0.15, -0.1) is 11.3 Å². The molecule has 7 heteroatoms. The maximum atomic E-state index is 12.5. The molecule has 6 nitrogen and oxygen atoms in total. The minimum atomic E-state index is -0.442. The molecule has 0 atom stereocenters. The normalized spacial score (nSPS) is 11.3. The smallest absolute Gasteiger partial charge is 0.348 e. The van der Waals surface area contributed by atoms with E-state index in [1.807, 2.05) is 19.2 Å². The molecular formula is C19H21N3O3S. The van der Waals surface area contributed by atoms with E-state index in [1.165, 1.54) is 29.6 Å². The van der Waals surface area contributed by atoms with Crippen LogP contribution in [0.25, 0.3) is 10.2 Å². The number of fused-ring (bicyclic) bond motifs is 1. The summed E-state index contributed by atoms with van der Waals surface area (Å²) in [5.41, 5.74) is 2.86. The van der Waals surface area contributed by atoms with E-state index in [0.717, 1.165) is 6.54 Å². The summed E-state index contributed by atoms with van der Waals surface area (Å²) in [5.74, 6) is 0.138. The Balaban J connectivity index is 1.88. The summed E-state index contributed by atoms with van der Waals surface area (Å²) in [6.07, 6.45) is 0. The minimum absolute atomic E-state index is 0.224. The zero-order chi connectivity index (χ0) is 18.8. The lowest BCUT2D eigenvalue weighted by molar-refractivity contribution is 0.0605. The fourth-order valence-corrected chi connectivity index (χ4v) is 4.06. The summed E-state index contributed by atoms with van der Waals surface area (Å²) in [4.78, 5) is 34.8. The van der Waals surface area contributed by atoms with Crippen molar-refractivity contribution in [2.75, 3.05) is 14.2 Å². The number of benzene rings is 1. The third-order valence-electron chi connectivity index (χ3n) is 4.34. The first-order valence-electron chi connectivity index (χ1n) is 8.24. The summed E-state index contributed by atoms with van der Waals surface area (Å²) in [6.45, 7) is 5.08. The van der Waals surface area contributed by atoms with Crippen LogP contribution in [0.1, 0.15) is 32.2 Å². The Labute approximate surface area is 155 Å². The number of hydrogen-bond acceptors (Lipinski definition) is 6. The van der Waals surface area contributed by atoms with Crippen LogP contribution in [0.3, 0.4) is 0 Å². The molecule has 26 heavy (non-hydrogen) atoms. The standard InChI is InChI=1S/C19H21N3O3S/c1-11-7-5-6-8-13(11)9-22(3)10-14-20-17(23)15-12(2)16(19(24)25-4)26-18(15)21-14/h5-8H,9-10H2,1-4H3,(H,20,21,23). The molecular weight excluding hydrogens is 350 g/mol. The number of nitrogens with one attached hydrogen (secondary N) is 1. The maximum Gasteiger partial charge on any atom is 0.348 e. The third kappa shape index (κ3) is 3.54. The second kappa shape index (κ2) is 7.39. The van der Waals surface area contributed by atoms with Gasteiger partial charge < -0.3 is 9.72 Å². The van der Waals surface area contributed by atoms with Crippen LogP contribution in [0.15, 0.2) is 29.1 Å². The summed E-state index contributed by atoms with van der Waals surface area (Å²) in [5, 5.41) is 0.459. The molecule has 0 aliphatic rings. The fourth-order valence-electron chi connectivity index (χ4n) is 2.94. The maximum absolute atomic E-state index is 12.5. The SMILES string of the molecule is COC(=O)c1sc2nc(CN(C)Cc3ccccc3C)[nH]c(=O)c2c1C. The van der Waals surface area contributed by atoms with Crippen molar-refractivity contribution in [1.82, 2.24) is 14.9 Å². The number of carbonyl (C=O) groups is 1. The van der Waals surface area contributed by atoms with Gasteiger partial charge >= 0.3 is 5.97 Å². The molecule has 0 aliphatic heterocycles. The van der Waals surface area contributed by atoms with Gasteiger partial charge in [-0.1, -0.05) is 24.3 Å². The van der Waals surface area contributed by atoms with Crippen molar-refractivity contribution in [3.05, 3.63) is 62.0 Å². The summed E-state index contributed by atoms with van der Waals surface area (Å²) < 4.78 is 4.78. The molecule has 1 aromatic carbocycles. The number of H-pyrrole nitrogens is 1. The molecule has 0 fully saturated rings. The number of hydrogen-bond donors (Lipinski definition) is 1. The molecule has 0 spiro atoms. The van der Waals surface area contributed by atoms with Crippen LogP contribution in [0.4, 0.5) is 0 Å². The van der Waals surface area contributed by atoms with Crippen LogP contribution in [0.2, 0.25) is 0 Å². The first-order valence-corrected chi connectivity index (χ1v) is 9.06. The highest BCUT2D eigenvalue weighted by Gasteiger charge is 2.20. The van der Waals surface area contributed by atoms with Gasteiger partial charge in [0.2, 0.25) is 0 Å². The average molecular weight is 371 g/mol. The van der Waals surface area contributed by atoms with Crippen LogP contribution < -0.4 is 5.56 Å². The molecule has 2 aromatic heterocycles. The zero-order valence-electron chi connectivity index (χ0n) is 15.3. The topological polar surface area (TPSA) is 75.3 Å². The average Bonchev–Trinajstić information content (AvgIpc) is 2.93. The minimum Gasteiger partial charge on any atom is -0.465 e. The lowest BCUT2D eigenvalue weighted by Gasteiger charge is -2.17. The van der Waals surface area contributed by atoms with Gasteiger partial charge in [0.05, 0.1) is 19.0 Å². The van der Waals surface area contributed by atoms with Crippen LogP contribution in [0, 0.1) is 13.8 Å². The van der Waals surface area contributed by atoms with E-state index < -0.39 is 5.97 Å². The molecule has 2 heterocycles. The first kappa shape index (κ1) is 18.3. The Kier molecular flexibility index (Phi) is 5.20. The van der Waals surface area contributed by atoms with Crippen molar-refractivity contribution >= 4 is 27.5 Å². The number of methoxy groups -OCH3 is 1. The number of nitrogens with zero attached hydrogens (tertiary/aromatic N) is 2. The number of aromatic amines is 1. The van der Waals surface area contributed by atoms with Crippen LogP contribution >= 0.6 is 11.3 Å². The van der Waals surface area contributed by atoms with Crippen molar-refractivity contribution in [2.45, 2.75) is 26.9 Å². The van der Waals surface area contributed by atoms with E-state index in [-0.39, 0.29) is 5.56 Å². The number of thiophene rings is 1. The molecule has 0 radical (unpaired) electrons. The Morgan fingerprint density at radius 1 is 1.27 bits per heavy atom. The first-order chi connectivity index (χ1) is 12.4. The summed E-state index contributed by atoms with van der Waals surface area (Å²) in [7, 11) is 3.31. The quantitative estimate of drug-likeness (QED) is 0.698. The number of carbonyl (C=O) groups excluding carboxylic acids is 1. The van der Waals surface area contributed by atoms with Gasteiger partial charge in [0.1, 0.15) is 15.5 Å². The number of aryl methyl sites for hydroxylation is 2. The zero-order valence-corrected chi connectivity index (χ0v) is 16.1. The van der Waals surface area contributed by atoms with Gasteiger partial charge in [-0.2, -0.15) is 0 Å². The number of aromatic nitrogens is 2. The van der Waals surface area contributed by atoms with Crippen LogP contribution in [-0.4, -0.2) is 35.0 Å². The lowest BCUT2D eigenvalue weighted by atomic mass is 10.1. The summed E-state index contributed by atoms with van der Waals surface area (Å²) in [6, 6.07) is 8.21. The molecule has 1 N–H and O–H groups in total. The highest BCUT2D eigenvalue weighted by Crippen LogP contribution is 2.27. The predicted molar refractivity (Wildman–Crippen MR) is 103 cm³/mol. The molecule has 0 bridgehead atoms. The second-order valence-electron chi connectivity index (χ2n) is 6.34. The van der Waals surface area contributed by atoms with E-state index in [9.17, 15) is 9.59 Å². The molecule has 0 unspecified atom stereocenters. The molecule has 0 amide bonds. The fraction of sp³-hybridized carbons (Fsp3) is 0.316. The highest BCUT2D eigenvalue weighted by molar-refractivity contribution is 7.20. The van der Waals surface area contributed by atoms with E-state index >= 15 is 0 Å². The van der Waals surface area contributed by atoms with E-state index in [1.54, 1.807) is 6.92 Å². The molecule has 136 valence electrons. The van der Waals surface area contributed by atoms with E-state index in [0.29, 0.717) is 33.0 Å². The Hall–Kier alpha value is -2.51. The highest BCUT2D eigenvalue weighted by atomic mass is 32.1. The Morgan fingerprint density at radius 2 is 2.00 bits per heavy atom. The largest absolute Gasteiger partial charge is 0.465 e. The van der Waals surface area contributed by atoms with Crippen LogP contribution in [-0.2, 0) is 17.8 Å². The molecule has 0 saturated carbocycles. The lowest BCUT2D eigenvalue weighted by Crippen LogP contribution is -2.22. The summed E-state index contributed by atoms with van der Waals surface area (Å²) >= 11 is 1.19. The molecule has 3 aromatic rings. The monoisotopic (exact) mass is 371 g/mol. The van der Waals surface area contributed by atoms with Gasteiger partial charge in [0, 0.05) is 6.54 Å². The van der Waals surface area contributed by atoms with Gasteiger partial charge in [-0.05, 0) is 37.6 Å². The van der Waals surface area contributed by atoms with E-state index in [4.69, 9.17) is 4.74 Å². The van der Waals surface area contributed by atoms with Gasteiger partial charge in [0.15, 0.2) is 0 Å². The Bertz CT molecular complexity index is 1020. The van der Waals surface area contributed by atoms with Gasteiger partial charge in [-0.3, -0.25) is 9.69 Å². The van der Waals surface area contributed by atoms with Crippen molar-refractivity contribution in [3.8, 4) is 0 Å². The van der Waals surface area contributed by atoms with Gasteiger partial charge in [-0.25, -0.2) is 9.78 Å². The van der Waals surface area contributed by atoms with Gasteiger partial charge in [0.25, 0.3) is 5.56 Å². The molecule has 3 rings (SSSR count). The molecule has 0 saturated heterocycles. The van der Waals surface area contributed by atoms with Crippen molar-refractivity contribution in [3.63, 3.8) is 0 Å². The van der Waals surface area contributed by atoms with Crippen molar-refractivity contribution in [1.29, 1.82) is 0 Å². The van der Waals surface area contributed by atoms with Crippen LogP contribution in [0.5, 0.6) is 0 Å². The molecule has 0 aliphatic carbocycles.